The normalized spacial score (nSPS) is 14.1. The number of carbonyl (C=O) groups is 1. The number of aromatic nitrogens is 2. The zero-order valence-electron chi connectivity index (χ0n) is 10.2. The Balaban J connectivity index is 1.98. The zero-order chi connectivity index (χ0) is 13.2. The Morgan fingerprint density at radius 2 is 2.11 bits per heavy atom. The monoisotopic (exact) mass is 317 g/mol. The Hall–Kier alpha value is -1.75. The van der Waals surface area contributed by atoms with Gasteiger partial charge in [-0.3, -0.25) is 9.78 Å². The number of amides is 1. The maximum atomic E-state index is 12.5. The summed E-state index contributed by atoms with van der Waals surface area (Å²) in [7, 11) is 0. The average Bonchev–Trinajstić information content (AvgIpc) is 2.46. The van der Waals surface area contributed by atoms with E-state index in [9.17, 15) is 4.79 Å². The maximum Gasteiger partial charge on any atom is 0.278 e. The van der Waals surface area contributed by atoms with Gasteiger partial charge in [-0.25, -0.2) is 4.98 Å². The van der Waals surface area contributed by atoms with Crippen LogP contribution in [0.15, 0.2) is 41.3 Å². The molecule has 2 heterocycles. The molecule has 0 saturated heterocycles. The van der Waals surface area contributed by atoms with Gasteiger partial charge < -0.3 is 4.90 Å². The highest BCUT2D eigenvalue weighted by atomic mass is 79.9. The molecule has 19 heavy (non-hydrogen) atoms. The fraction of sp³-hybridized carbons (Fsp3) is 0.214. The summed E-state index contributed by atoms with van der Waals surface area (Å²) in [5.74, 6) is -0.0963. The molecule has 0 aliphatic carbocycles. The number of hydrogen-bond acceptors (Lipinski definition) is 3. The van der Waals surface area contributed by atoms with E-state index in [2.05, 4.69) is 32.0 Å². The Bertz CT molecular complexity index is 630. The molecule has 0 fully saturated rings. The van der Waals surface area contributed by atoms with Gasteiger partial charge in [0.05, 0.1) is 12.4 Å². The SMILES string of the molecule is O=C(c1cncc(Br)n1)N1CCCc2ccccc21. The number of anilines is 1. The van der Waals surface area contributed by atoms with Crippen molar-refractivity contribution in [3.05, 3.63) is 52.5 Å². The Kier molecular flexibility index (Phi) is 3.29. The van der Waals surface area contributed by atoms with Gasteiger partial charge in [0.2, 0.25) is 0 Å². The fourth-order valence-corrected chi connectivity index (χ4v) is 2.64. The van der Waals surface area contributed by atoms with Gasteiger partial charge in [0, 0.05) is 12.2 Å². The van der Waals surface area contributed by atoms with Gasteiger partial charge in [0.1, 0.15) is 10.3 Å². The van der Waals surface area contributed by atoms with Crippen molar-refractivity contribution in [2.45, 2.75) is 12.8 Å². The summed E-state index contributed by atoms with van der Waals surface area (Å²) in [4.78, 5) is 22.5. The minimum Gasteiger partial charge on any atom is -0.307 e. The second kappa shape index (κ2) is 5.09. The zero-order valence-corrected chi connectivity index (χ0v) is 11.8. The number of rotatable bonds is 1. The minimum absolute atomic E-state index is 0.0963. The molecule has 96 valence electrons. The molecule has 0 N–H and O–H groups in total. The molecule has 0 spiro atoms. The number of carbonyl (C=O) groups excluding carboxylic acids is 1. The van der Waals surface area contributed by atoms with Crippen LogP contribution >= 0.6 is 15.9 Å². The lowest BCUT2D eigenvalue weighted by atomic mass is 10.0. The van der Waals surface area contributed by atoms with Crippen LogP contribution in [0.5, 0.6) is 0 Å². The Labute approximate surface area is 119 Å². The predicted molar refractivity (Wildman–Crippen MR) is 76.2 cm³/mol. The Morgan fingerprint density at radius 3 is 2.95 bits per heavy atom. The van der Waals surface area contributed by atoms with E-state index in [-0.39, 0.29) is 5.91 Å². The lowest BCUT2D eigenvalue weighted by Gasteiger charge is -2.29. The van der Waals surface area contributed by atoms with Gasteiger partial charge in [0.25, 0.3) is 5.91 Å². The summed E-state index contributed by atoms with van der Waals surface area (Å²) in [6, 6.07) is 8.02. The van der Waals surface area contributed by atoms with E-state index in [0.717, 1.165) is 25.1 Å². The standard InChI is InChI=1S/C14H12BrN3O/c15-13-9-16-8-11(17-13)14(19)18-7-3-5-10-4-1-2-6-12(10)18/h1-2,4,6,8-9H,3,5,7H2. The van der Waals surface area contributed by atoms with Crippen molar-refractivity contribution in [2.75, 3.05) is 11.4 Å². The molecule has 0 bridgehead atoms. The number of fused-ring (bicyclic) bond motifs is 1. The van der Waals surface area contributed by atoms with Crippen molar-refractivity contribution in [3.8, 4) is 0 Å². The third-order valence-electron chi connectivity index (χ3n) is 3.18. The first-order valence-corrected chi connectivity index (χ1v) is 6.92. The van der Waals surface area contributed by atoms with Crippen molar-refractivity contribution in [1.82, 2.24) is 9.97 Å². The van der Waals surface area contributed by atoms with Gasteiger partial charge in [-0.1, -0.05) is 18.2 Å². The predicted octanol–water partition coefficient (Wildman–Crippen LogP) is 2.83. The lowest BCUT2D eigenvalue weighted by Crippen LogP contribution is -2.36. The van der Waals surface area contributed by atoms with Crippen LogP contribution in [-0.2, 0) is 6.42 Å². The van der Waals surface area contributed by atoms with Crippen LogP contribution in [-0.4, -0.2) is 22.4 Å². The molecule has 1 amide bonds. The molecule has 2 aromatic rings. The van der Waals surface area contributed by atoms with Crippen molar-refractivity contribution in [1.29, 1.82) is 0 Å². The fourth-order valence-electron chi connectivity index (χ4n) is 2.33. The van der Waals surface area contributed by atoms with Crippen LogP contribution in [0.25, 0.3) is 0 Å². The molecule has 4 nitrogen and oxygen atoms in total. The first kappa shape index (κ1) is 12.3. The van der Waals surface area contributed by atoms with E-state index >= 15 is 0 Å². The summed E-state index contributed by atoms with van der Waals surface area (Å²) in [5, 5.41) is 0. The molecule has 1 aliphatic heterocycles. The second-order valence-corrected chi connectivity index (χ2v) is 5.23. The van der Waals surface area contributed by atoms with E-state index in [1.807, 2.05) is 18.2 Å². The summed E-state index contributed by atoms with van der Waals surface area (Å²) in [6.45, 7) is 0.726. The van der Waals surface area contributed by atoms with Crippen LogP contribution in [0.1, 0.15) is 22.5 Å². The maximum absolute atomic E-state index is 12.5. The number of hydrogen-bond donors (Lipinski definition) is 0. The van der Waals surface area contributed by atoms with Crippen LogP contribution < -0.4 is 4.90 Å². The number of nitrogens with zero attached hydrogens (tertiary/aromatic N) is 3. The van der Waals surface area contributed by atoms with Gasteiger partial charge >= 0.3 is 0 Å². The topological polar surface area (TPSA) is 46.1 Å². The molecule has 3 rings (SSSR count). The summed E-state index contributed by atoms with van der Waals surface area (Å²) < 4.78 is 0.573. The smallest absolute Gasteiger partial charge is 0.278 e. The van der Waals surface area contributed by atoms with Gasteiger partial charge in [-0.05, 0) is 40.4 Å². The largest absolute Gasteiger partial charge is 0.307 e. The molecule has 1 aromatic heterocycles. The number of halogens is 1. The highest BCUT2D eigenvalue weighted by Crippen LogP contribution is 2.27. The van der Waals surface area contributed by atoms with Crippen molar-refractivity contribution in [2.24, 2.45) is 0 Å². The van der Waals surface area contributed by atoms with E-state index in [1.165, 1.54) is 11.8 Å². The molecule has 0 atom stereocenters. The molecular formula is C14H12BrN3O. The van der Waals surface area contributed by atoms with Crippen LogP contribution in [0.2, 0.25) is 0 Å². The van der Waals surface area contributed by atoms with Crippen molar-refractivity contribution >= 4 is 27.5 Å². The highest BCUT2D eigenvalue weighted by molar-refractivity contribution is 9.10. The van der Waals surface area contributed by atoms with Gasteiger partial charge in [-0.2, -0.15) is 0 Å². The molecule has 5 heteroatoms. The number of benzene rings is 1. The second-order valence-electron chi connectivity index (χ2n) is 4.42. The van der Waals surface area contributed by atoms with E-state index in [0.29, 0.717) is 10.3 Å². The van der Waals surface area contributed by atoms with Crippen LogP contribution in [0.4, 0.5) is 5.69 Å². The third-order valence-corrected chi connectivity index (χ3v) is 3.56. The Morgan fingerprint density at radius 1 is 1.26 bits per heavy atom. The van der Waals surface area contributed by atoms with Crippen molar-refractivity contribution < 1.29 is 4.79 Å². The number of para-hydroxylation sites is 1. The molecule has 0 unspecified atom stereocenters. The third kappa shape index (κ3) is 2.38. The lowest BCUT2D eigenvalue weighted by molar-refractivity contribution is 0.0979. The molecule has 0 saturated carbocycles. The van der Waals surface area contributed by atoms with E-state index in [4.69, 9.17) is 0 Å². The molecule has 1 aromatic carbocycles. The molecular weight excluding hydrogens is 306 g/mol. The van der Waals surface area contributed by atoms with Crippen LogP contribution in [0, 0.1) is 0 Å². The minimum atomic E-state index is -0.0963. The summed E-state index contributed by atoms with van der Waals surface area (Å²) in [6.07, 6.45) is 5.07. The molecule has 0 radical (unpaired) electrons. The summed E-state index contributed by atoms with van der Waals surface area (Å²) in [5.41, 5.74) is 2.57. The van der Waals surface area contributed by atoms with Crippen LogP contribution in [0.3, 0.4) is 0 Å². The van der Waals surface area contributed by atoms with Gasteiger partial charge in [-0.15, -0.1) is 0 Å². The highest BCUT2D eigenvalue weighted by Gasteiger charge is 2.24. The van der Waals surface area contributed by atoms with E-state index in [1.54, 1.807) is 11.1 Å². The quantitative estimate of drug-likeness (QED) is 0.812. The van der Waals surface area contributed by atoms with E-state index < -0.39 is 0 Å². The summed E-state index contributed by atoms with van der Waals surface area (Å²) >= 11 is 3.24. The molecule has 1 aliphatic rings. The first-order valence-electron chi connectivity index (χ1n) is 6.13. The average molecular weight is 318 g/mol. The first-order chi connectivity index (χ1) is 9.25. The van der Waals surface area contributed by atoms with Crippen molar-refractivity contribution in [3.63, 3.8) is 0 Å². The number of aryl methyl sites for hydroxylation is 1. The van der Waals surface area contributed by atoms with Gasteiger partial charge in [0.15, 0.2) is 0 Å².